The first-order chi connectivity index (χ1) is 8.80. The third kappa shape index (κ3) is 4.21. The van der Waals surface area contributed by atoms with Gasteiger partial charge in [0.25, 0.3) is 0 Å². The van der Waals surface area contributed by atoms with Crippen LogP contribution in [0.4, 0.5) is 13.2 Å². The zero-order valence-corrected chi connectivity index (χ0v) is 11.8. The van der Waals surface area contributed by atoms with Gasteiger partial charge in [-0.2, -0.15) is 17.5 Å². The van der Waals surface area contributed by atoms with Crippen molar-refractivity contribution in [1.82, 2.24) is 4.31 Å². The van der Waals surface area contributed by atoms with Crippen LogP contribution in [0.5, 0.6) is 0 Å². The van der Waals surface area contributed by atoms with Gasteiger partial charge < -0.3 is 0 Å². The van der Waals surface area contributed by atoms with Crippen molar-refractivity contribution in [2.45, 2.75) is 57.0 Å². The van der Waals surface area contributed by atoms with Gasteiger partial charge >= 0.3 is 15.5 Å². The van der Waals surface area contributed by atoms with E-state index in [0.717, 1.165) is 25.7 Å². The predicted molar refractivity (Wildman–Crippen MR) is 68.0 cm³/mol. The molecular weight excluding hydrogens is 279 g/mol. The Balaban J connectivity index is 2.81. The number of nitrogens with zero attached hydrogens (tertiary/aromatic N) is 1. The average molecular weight is 299 g/mol. The number of unbranched alkanes of at least 4 members (excludes halogenated alkanes) is 2. The van der Waals surface area contributed by atoms with Crippen LogP contribution in [0.15, 0.2) is 12.2 Å². The Labute approximate surface area is 112 Å². The average Bonchev–Trinajstić information content (AvgIpc) is 2.34. The van der Waals surface area contributed by atoms with Crippen LogP contribution in [-0.4, -0.2) is 30.8 Å². The molecule has 0 saturated carbocycles. The number of allylic oxidation sites excluding steroid dienone is 1. The molecular formula is C12H20F3NO2S. The summed E-state index contributed by atoms with van der Waals surface area (Å²) in [5.74, 6) is 0. The molecule has 19 heavy (non-hydrogen) atoms. The van der Waals surface area contributed by atoms with E-state index in [1.54, 1.807) is 12.2 Å². The normalized spacial score (nSPS) is 23.1. The van der Waals surface area contributed by atoms with Gasteiger partial charge in [0.05, 0.1) is 0 Å². The summed E-state index contributed by atoms with van der Waals surface area (Å²) >= 11 is 0. The first-order valence-corrected chi connectivity index (χ1v) is 7.99. The van der Waals surface area contributed by atoms with E-state index >= 15 is 0 Å². The third-order valence-electron chi connectivity index (χ3n) is 3.18. The van der Waals surface area contributed by atoms with Gasteiger partial charge in [-0.15, -0.1) is 0 Å². The number of rotatable bonds is 5. The van der Waals surface area contributed by atoms with E-state index in [4.69, 9.17) is 0 Å². The number of piperidine rings is 1. The van der Waals surface area contributed by atoms with Crippen molar-refractivity contribution in [3.63, 3.8) is 0 Å². The summed E-state index contributed by atoms with van der Waals surface area (Å²) in [4.78, 5) is 0. The minimum Gasteiger partial charge on any atom is -0.203 e. The molecule has 1 rings (SSSR count). The van der Waals surface area contributed by atoms with E-state index in [0.29, 0.717) is 17.1 Å². The standard InChI is InChI=1S/C12H20F3NO2S/c1-2-3-4-5-8-11-9-6-7-10-16(11)19(17,18)12(13,14)15/h5,8,11H,2-4,6-7,9-10H2,1H3/b8-5+. The van der Waals surface area contributed by atoms with Gasteiger partial charge in [-0.3, -0.25) is 0 Å². The molecule has 1 saturated heterocycles. The molecule has 0 aromatic rings. The first-order valence-electron chi connectivity index (χ1n) is 6.55. The van der Waals surface area contributed by atoms with Gasteiger partial charge in [-0.1, -0.05) is 38.3 Å². The fourth-order valence-corrected chi connectivity index (χ4v) is 3.30. The lowest BCUT2D eigenvalue weighted by molar-refractivity contribution is -0.0502. The Morgan fingerprint density at radius 1 is 1.32 bits per heavy atom. The highest BCUT2D eigenvalue weighted by molar-refractivity contribution is 7.90. The lowest BCUT2D eigenvalue weighted by Gasteiger charge is -2.33. The summed E-state index contributed by atoms with van der Waals surface area (Å²) in [5.41, 5.74) is -5.21. The number of hydrogen-bond acceptors (Lipinski definition) is 2. The SMILES string of the molecule is CCCC/C=C/C1CCCCN1S(=O)(=O)C(F)(F)F. The van der Waals surface area contributed by atoms with Gasteiger partial charge in [0.2, 0.25) is 0 Å². The molecule has 1 aliphatic rings. The van der Waals surface area contributed by atoms with E-state index in [2.05, 4.69) is 0 Å². The van der Waals surface area contributed by atoms with Gasteiger partial charge in [-0.25, -0.2) is 8.42 Å². The molecule has 0 aliphatic carbocycles. The zero-order chi connectivity index (χ0) is 14.5. The molecule has 0 aromatic carbocycles. The lowest BCUT2D eigenvalue weighted by Crippen LogP contribution is -2.48. The minimum absolute atomic E-state index is 0.0510. The number of halogens is 3. The summed E-state index contributed by atoms with van der Waals surface area (Å²) in [7, 11) is -5.21. The smallest absolute Gasteiger partial charge is 0.203 e. The predicted octanol–water partition coefficient (Wildman–Crippen LogP) is 3.44. The van der Waals surface area contributed by atoms with E-state index in [1.165, 1.54) is 0 Å². The highest BCUT2D eigenvalue weighted by atomic mass is 32.2. The largest absolute Gasteiger partial charge is 0.511 e. The van der Waals surface area contributed by atoms with Crippen LogP contribution < -0.4 is 0 Å². The van der Waals surface area contributed by atoms with Crippen molar-refractivity contribution in [1.29, 1.82) is 0 Å². The van der Waals surface area contributed by atoms with Crippen LogP contribution in [-0.2, 0) is 10.0 Å². The van der Waals surface area contributed by atoms with Gasteiger partial charge in [-0.05, 0) is 19.3 Å². The molecule has 7 heteroatoms. The van der Waals surface area contributed by atoms with Crippen LogP contribution in [0, 0.1) is 0 Å². The number of hydrogen-bond donors (Lipinski definition) is 0. The fraction of sp³-hybridized carbons (Fsp3) is 0.833. The van der Waals surface area contributed by atoms with Crippen LogP contribution in [0.3, 0.4) is 0 Å². The van der Waals surface area contributed by atoms with Crippen molar-refractivity contribution in [3.8, 4) is 0 Å². The Morgan fingerprint density at radius 3 is 2.58 bits per heavy atom. The Bertz CT molecular complexity index is 404. The van der Waals surface area contributed by atoms with E-state index in [1.807, 2.05) is 6.92 Å². The van der Waals surface area contributed by atoms with E-state index in [-0.39, 0.29) is 6.54 Å². The Morgan fingerprint density at radius 2 is 2.00 bits per heavy atom. The van der Waals surface area contributed by atoms with Crippen LogP contribution in [0.2, 0.25) is 0 Å². The van der Waals surface area contributed by atoms with Crippen LogP contribution >= 0.6 is 0 Å². The second-order valence-electron chi connectivity index (χ2n) is 4.70. The fourth-order valence-electron chi connectivity index (χ4n) is 2.13. The van der Waals surface area contributed by atoms with Gasteiger partial charge in [0, 0.05) is 12.6 Å². The summed E-state index contributed by atoms with van der Waals surface area (Å²) < 4.78 is 61.3. The minimum atomic E-state index is -5.21. The molecule has 1 heterocycles. The maximum Gasteiger partial charge on any atom is 0.511 e. The van der Waals surface area contributed by atoms with E-state index < -0.39 is 21.6 Å². The Kier molecular flexibility index (Phi) is 5.85. The van der Waals surface area contributed by atoms with Gasteiger partial charge in [0.15, 0.2) is 0 Å². The molecule has 1 atom stereocenters. The first kappa shape index (κ1) is 16.5. The molecule has 112 valence electrons. The van der Waals surface area contributed by atoms with Crippen molar-refractivity contribution in [2.75, 3.05) is 6.54 Å². The monoisotopic (exact) mass is 299 g/mol. The second-order valence-corrected chi connectivity index (χ2v) is 6.58. The van der Waals surface area contributed by atoms with Crippen LogP contribution in [0.1, 0.15) is 45.4 Å². The van der Waals surface area contributed by atoms with Crippen molar-refractivity contribution in [3.05, 3.63) is 12.2 Å². The van der Waals surface area contributed by atoms with Crippen LogP contribution in [0.25, 0.3) is 0 Å². The molecule has 3 nitrogen and oxygen atoms in total. The second kappa shape index (κ2) is 6.74. The van der Waals surface area contributed by atoms with Crippen molar-refractivity contribution < 1.29 is 21.6 Å². The molecule has 1 aliphatic heterocycles. The maximum absolute atomic E-state index is 12.6. The third-order valence-corrected chi connectivity index (χ3v) is 4.84. The highest BCUT2D eigenvalue weighted by Crippen LogP contribution is 2.32. The quantitative estimate of drug-likeness (QED) is 0.576. The summed E-state index contributed by atoms with van der Waals surface area (Å²) in [6, 6.07) is -0.655. The molecule has 0 spiro atoms. The van der Waals surface area contributed by atoms with Crippen molar-refractivity contribution in [2.24, 2.45) is 0 Å². The van der Waals surface area contributed by atoms with E-state index in [9.17, 15) is 21.6 Å². The number of alkyl halides is 3. The molecule has 1 fully saturated rings. The van der Waals surface area contributed by atoms with Gasteiger partial charge in [0.1, 0.15) is 0 Å². The lowest BCUT2D eigenvalue weighted by atomic mass is 10.0. The topological polar surface area (TPSA) is 37.4 Å². The zero-order valence-electron chi connectivity index (χ0n) is 11.0. The molecule has 0 radical (unpaired) electrons. The summed E-state index contributed by atoms with van der Waals surface area (Å²) in [6.45, 7) is 1.97. The number of sulfonamides is 1. The molecule has 0 N–H and O–H groups in total. The molecule has 0 aromatic heterocycles. The highest BCUT2D eigenvalue weighted by Gasteiger charge is 2.51. The molecule has 1 unspecified atom stereocenters. The Hall–Kier alpha value is -0.560. The van der Waals surface area contributed by atoms with Crippen molar-refractivity contribution >= 4 is 10.0 Å². The summed E-state index contributed by atoms with van der Waals surface area (Å²) in [5, 5.41) is 0. The molecule has 0 bridgehead atoms. The maximum atomic E-state index is 12.6. The summed E-state index contributed by atoms with van der Waals surface area (Å²) in [6.07, 6.45) is 7.82. The molecule has 0 amide bonds.